The van der Waals surface area contributed by atoms with Crippen molar-refractivity contribution in [2.24, 2.45) is 5.92 Å². The van der Waals surface area contributed by atoms with Gasteiger partial charge in [-0.3, -0.25) is 4.79 Å². The van der Waals surface area contributed by atoms with Crippen molar-refractivity contribution >= 4 is 12.0 Å². The molecule has 0 spiro atoms. The van der Waals surface area contributed by atoms with Gasteiger partial charge in [-0.05, 0) is 29.7 Å². The number of carbonyl (C=O) groups excluding carboxylic acids is 1. The maximum absolute atomic E-state index is 11.4. The summed E-state index contributed by atoms with van der Waals surface area (Å²) in [5.74, 6) is 0.352. The molecular formula is C14H16N2O. The predicted octanol–water partition coefficient (Wildman–Crippen LogP) is 2.34. The van der Waals surface area contributed by atoms with Gasteiger partial charge in [0.2, 0.25) is 5.91 Å². The lowest BCUT2D eigenvalue weighted by atomic mass is 10.1. The van der Waals surface area contributed by atoms with E-state index in [-0.39, 0.29) is 5.91 Å². The Kier molecular flexibility index (Phi) is 4.96. The Morgan fingerprint density at radius 3 is 2.59 bits per heavy atom. The SMILES string of the molecule is CC(C)CNC(=O)/C=C/c1ccc(C#N)cc1. The number of hydrogen-bond donors (Lipinski definition) is 1. The highest BCUT2D eigenvalue weighted by molar-refractivity contribution is 5.91. The molecule has 0 fully saturated rings. The molecule has 0 heterocycles. The molecule has 0 atom stereocenters. The number of hydrogen-bond acceptors (Lipinski definition) is 2. The average Bonchev–Trinajstić information content (AvgIpc) is 2.34. The van der Waals surface area contributed by atoms with Crippen molar-refractivity contribution in [1.82, 2.24) is 5.32 Å². The summed E-state index contributed by atoms with van der Waals surface area (Å²) in [7, 11) is 0. The van der Waals surface area contributed by atoms with Gasteiger partial charge in [-0.15, -0.1) is 0 Å². The Hall–Kier alpha value is -2.08. The van der Waals surface area contributed by atoms with Crippen molar-refractivity contribution < 1.29 is 4.79 Å². The van der Waals surface area contributed by atoms with Crippen LogP contribution in [0.15, 0.2) is 30.3 Å². The largest absolute Gasteiger partial charge is 0.352 e. The highest BCUT2D eigenvalue weighted by Gasteiger charge is 1.97. The molecule has 0 aliphatic heterocycles. The van der Waals surface area contributed by atoms with Crippen LogP contribution in [0.2, 0.25) is 0 Å². The van der Waals surface area contributed by atoms with Crippen LogP contribution in [0.4, 0.5) is 0 Å². The highest BCUT2D eigenvalue weighted by atomic mass is 16.1. The molecule has 0 aromatic heterocycles. The van der Waals surface area contributed by atoms with E-state index >= 15 is 0 Å². The molecule has 3 nitrogen and oxygen atoms in total. The monoisotopic (exact) mass is 228 g/mol. The third-order valence-electron chi connectivity index (χ3n) is 2.15. The molecule has 0 aliphatic carbocycles. The first kappa shape index (κ1) is 13.0. The molecule has 0 saturated heterocycles. The average molecular weight is 228 g/mol. The van der Waals surface area contributed by atoms with Gasteiger partial charge < -0.3 is 5.32 Å². The van der Waals surface area contributed by atoms with Crippen LogP contribution in [0.5, 0.6) is 0 Å². The lowest BCUT2D eigenvalue weighted by Crippen LogP contribution is -2.25. The Morgan fingerprint density at radius 2 is 2.06 bits per heavy atom. The van der Waals surface area contributed by atoms with E-state index in [1.165, 1.54) is 6.08 Å². The molecule has 17 heavy (non-hydrogen) atoms. The van der Waals surface area contributed by atoms with Crippen molar-refractivity contribution in [1.29, 1.82) is 5.26 Å². The summed E-state index contributed by atoms with van der Waals surface area (Å²) in [5.41, 5.74) is 1.52. The van der Waals surface area contributed by atoms with E-state index in [1.807, 2.05) is 32.0 Å². The fraction of sp³-hybridized carbons (Fsp3) is 0.286. The molecular weight excluding hydrogens is 212 g/mol. The quantitative estimate of drug-likeness (QED) is 0.804. The van der Waals surface area contributed by atoms with E-state index in [4.69, 9.17) is 5.26 Å². The summed E-state index contributed by atoms with van der Waals surface area (Å²) < 4.78 is 0. The number of nitriles is 1. The molecule has 1 aromatic carbocycles. The summed E-state index contributed by atoms with van der Waals surface area (Å²) in [6.07, 6.45) is 3.24. The standard InChI is InChI=1S/C14H16N2O/c1-11(2)10-16-14(17)8-7-12-3-5-13(9-15)6-4-12/h3-8,11H,10H2,1-2H3,(H,16,17)/b8-7+. The molecule has 0 saturated carbocycles. The maximum atomic E-state index is 11.4. The van der Waals surface area contributed by atoms with Crippen LogP contribution in [0.1, 0.15) is 25.0 Å². The Morgan fingerprint density at radius 1 is 1.41 bits per heavy atom. The minimum absolute atomic E-state index is 0.0944. The van der Waals surface area contributed by atoms with E-state index in [0.29, 0.717) is 18.0 Å². The van der Waals surface area contributed by atoms with Gasteiger partial charge in [0, 0.05) is 12.6 Å². The summed E-state index contributed by atoms with van der Waals surface area (Å²) in [4.78, 5) is 11.4. The van der Waals surface area contributed by atoms with Crippen molar-refractivity contribution in [2.45, 2.75) is 13.8 Å². The number of carbonyl (C=O) groups is 1. The Balaban J connectivity index is 2.52. The van der Waals surface area contributed by atoms with E-state index in [9.17, 15) is 4.79 Å². The van der Waals surface area contributed by atoms with Crippen LogP contribution < -0.4 is 5.32 Å². The summed E-state index contributed by atoms with van der Waals surface area (Å²) in [6.45, 7) is 4.77. The number of nitrogens with zero attached hydrogens (tertiary/aromatic N) is 1. The third kappa shape index (κ3) is 4.98. The highest BCUT2D eigenvalue weighted by Crippen LogP contribution is 2.04. The predicted molar refractivity (Wildman–Crippen MR) is 68.0 cm³/mol. The lowest BCUT2D eigenvalue weighted by Gasteiger charge is -2.04. The molecule has 1 N–H and O–H groups in total. The first-order valence-corrected chi connectivity index (χ1v) is 5.58. The molecule has 0 bridgehead atoms. The van der Waals surface area contributed by atoms with Crippen molar-refractivity contribution in [3.05, 3.63) is 41.5 Å². The fourth-order valence-electron chi connectivity index (χ4n) is 1.20. The van der Waals surface area contributed by atoms with Crippen LogP contribution in [0.3, 0.4) is 0 Å². The number of rotatable bonds is 4. The fourth-order valence-corrected chi connectivity index (χ4v) is 1.20. The minimum Gasteiger partial charge on any atom is -0.352 e. The molecule has 1 rings (SSSR count). The van der Waals surface area contributed by atoms with Gasteiger partial charge in [-0.2, -0.15) is 5.26 Å². The van der Waals surface area contributed by atoms with Gasteiger partial charge in [0.15, 0.2) is 0 Å². The second kappa shape index (κ2) is 6.49. The van der Waals surface area contributed by atoms with Gasteiger partial charge in [0.25, 0.3) is 0 Å². The van der Waals surface area contributed by atoms with Crippen molar-refractivity contribution in [2.75, 3.05) is 6.54 Å². The number of amides is 1. The first-order valence-electron chi connectivity index (χ1n) is 5.58. The summed E-state index contributed by atoms with van der Waals surface area (Å²) in [6, 6.07) is 9.12. The Labute approximate surface area is 102 Å². The zero-order valence-electron chi connectivity index (χ0n) is 10.1. The zero-order chi connectivity index (χ0) is 12.7. The summed E-state index contributed by atoms with van der Waals surface area (Å²) in [5, 5.41) is 11.4. The van der Waals surface area contributed by atoms with Crippen LogP contribution in [-0.4, -0.2) is 12.5 Å². The second-order valence-corrected chi connectivity index (χ2v) is 4.21. The molecule has 0 aliphatic rings. The number of benzene rings is 1. The lowest BCUT2D eigenvalue weighted by molar-refractivity contribution is -0.116. The van der Waals surface area contributed by atoms with Crippen LogP contribution in [0, 0.1) is 17.2 Å². The van der Waals surface area contributed by atoms with Gasteiger partial charge in [0.05, 0.1) is 11.6 Å². The topological polar surface area (TPSA) is 52.9 Å². The summed E-state index contributed by atoms with van der Waals surface area (Å²) >= 11 is 0. The van der Waals surface area contributed by atoms with Crippen LogP contribution in [-0.2, 0) is 4.79 Å². The minimum atomic E-state index is -0.0944. The van der Waals surface area contributed by atoms with Gasteiger partial charge in [-0.1, -0.05) is 26.0 Å². The van der Waals surface area contributed by atoms with Crippen molar-refractivity contribution in [3.8, 4) is 6.07 Å². The smallest absolute Gasteiger partial charge is 0.244 e. The molecule has 88 valence electrons. The first-order chi connectivity index (χ1) is 8.11. The van der Waals surface area contributed by atoms with E-state index < -0.39 is 0 Å². The maximum Gasteiger partial charge on any atom is 0.244 e. The normalized spacial score (nSPS) is 10.5. The third-order valence-corrected chi connectivity index (χ3v) is 2.15. The second-order valence-electron chi connectivity index (χ2n) is 4.21. The van der Waals surface area contributed by atoms with Gasteiger partial charge in [0.1, 0.15) is 0 Å². The molecule has 0 radical (unpaired) electrons. The van der Waals surface area contributed by atoms with Crippen LogP contribution in [0.25, 0.3) is 6.08 Å². The van der Waals surface area contributed by atoms with Gasteiger partial charge in [-0.25, -0.2) is 0 Å². The zero-order valence-corrected chi connectivity index (χ0v) is 10.1. The van der Waals surface area contributed by atoms with E-state index in [1.54, 1.807) is 18.2 Å². The van der Waals surface area contributed by atoms with Crippen LogP contribution >= 0.6 is 0 Å². The molecule has 0 unspecified atom stereocenters. The molecule has 3 heteroatoms. The van der Waals surface area contributed by atoms with E-state index in [2.05, 4.69) is 5.32 Å². The Bertz CT molecular complexity index is 438. The molecule has 1 amide bonds. The van der Waals surface area contributed by atoms with E-state index in [0.717, 1.165) is 5.56 Å². The van der Waals surface area contributed by atoms with Crippen molar-refractivity contribution in [3.63, 3.8) is 0 Å². The molecule has 1 aromatic rings. The number of nitrogens with one attached hydrogen (secondary N) is 1. The van der Waals surface area contributed by atoms with Gasteiger partial charge >= 0.3 is 0 Å².